The minimum absolute atomic E-state index is 0.290. The predicted octanol–water partition coefficient (Wildman–Crippen LogP) is 3.84. The summed E-state index contributed by atoms with van der Waals surface area (Å²) in [6.07, 6.45) is 0. The summed E-state index contributed by atoms with van der Waals surface area (Å²) in [5.41, 5.74) is 2.37. The van der Waals surface area contributed by atoms with E-state index in [0.29, 0.717) is 31.2 Å². The lowest BCUT2D eigenvalue weighted by molar-refractivity contribution is 0.0697. The predicted molar refractivity (Wildman–Crippen MR) is 95.8 cm³/mol. The van der Waals surface area contributed by atoms with Crippen LogP contribution in [0.5, 0.6) is 11.5 Å². The van der Waals surface area contributed by atoms with Crippen molar-refractivity contribution in [3.05, 3.63) is 57.6 Å². The second kappa shape index (κ2) is 8.70. The Kier molecular flexibility index (Phi) is 6.63. The Balaban J connectivity index is 2.00. The normalized spacial score (nSPS) is 10.5. The fraction of sp³-hybridized carbons (Fsp3) is 0.278. The molecule has 0 saturated heterocycles. The number of halogens is 1. The summed E-state index contributed by atoms with van der Waals surface area (Å²) in [6, 6.07) is 10.7. The first-order valence-corrected chi connectivity index (χ1v) is 8.36. The Morgan fingerprint density at radius 1 is 1.17 bits per heavy atom. The van der Waals surface area contributed by atoms with Crippen LogP contribution in [0.15, 0.2) is 40.9 Å². The zero-order valence-corrected chi connectivity index (χ0v) is 15.2. The third-order valence-electron chi connectivity index (χ3n) is 3.48. The highest BCUT2D eigenvalue weighted by molar-refractivity contribution is 9.10. The molecule has 0 aliphatic heterocycles. The molecule has 0 saturated carbocycles. The number of benzene rings is 2. The molecular weight excluding hydrogens is 374 g/mol. The monoisotopic (exact) mass is 393 g/mol. The highest BCUT2D eigenvalue weighted by Crippen LogP contribution is 2.33. The van der Waals surface area contributed by atoms with Gasteiger partial charge in [0.1, 0.15) is 0 Å². The Morgan fingerprint density at radius 3 is 2.46 bits per heavy atom. The van der Waals surface area contributed by atoms with E-state index in [9.17, 15) is 4.79 Å². The van der Waals surface area contributed by atoms with Crippen LogP contribution < -0.4 is 14.8 Å². The number of carboxylic acids is 1. The number of nitrogens with one attached hydrogen (secondary N) is 1. The zero-order chi connectivity index (χ0) is 17.5. The van der Waals surface area contributed by atoms with Gasteiger partial charge in [-0.05, 0) is 42.3 Å². The molecule has 5 nitrogen and oxygen atoms in total. The zero-order valence-electron chi connectivity index (χ0n) is 13.6. The molecule has 0 amide bonds. The van der Waals surface area contributed by atoms with E-state index in [0.717, 1.165) is 15.6 Å². The van der Waals surface area contributed by atoms with Gasteiger partial charge in [0.15, 0.2) is 11.5 Å². The standard InChI is InChI=1S/C18H20BrNO4/c1-3-24-17-8-14(15(19)9-16(17)23-2)11-20-10-12-4-6-13(7-5-12)18(21)22/h4-9,20H,3,10-11H2,1-2H3,(H,21,22). The van der Waals surface area contributed by atoms with E-state index in [1.165, 1.54) is 0 Å². The van der Waals surface area contributed by atoms with Gasteiger partial charge in [-0.15, -0.1) is 0 Å². The van der Waals surface area contributed by atoms with E-state index in [4.69, 9.17) is 14.6 Å². The Labute approximate surface area is 149 Å². The van der Waals surface area contributed by atoms with E-state index >= 15 is 0 Å². The van der Waals surface area contributed by atoms with Gasteiger partial charge in [0, 0.05) is 17.6 Å². The van der Waals surface area contributed by atoms with Crippen LogP contribution in [0.1, 0.15) is 28.4 Å². The Morgan fingerprint density at radius 2 is 1.88 bits per heavy atom. The van der Waals surface area contributed by atoms with E-state index < -0.39 is 5.97 Å². The number of hydrogen-bond acceptors (Lipinski definition) is 4. The number of ether oxygens (including phenoxy) is 2. The van der Waals surface area contributed by atoms with E-state index in [1.807, 2.05) is 31.2 Å². The number of carbonyl (C=O) groups is 1. The summed E-state index contributed by atoms with van der Waals surface area (Å²) in [7, 11) is 1.61. The molecule has 0 fully saturated rings. The van der Waals surface area contributed by atoms with Gasteiger partial charge in [0.2, 0.25) is 0 Å². The van der Waals surface area contributed by atoms with Crippen molar-refractivity contribution < 1.29 is 19.4 Å². The third kappa shape index (κ3) is 4.72. The average molecular weight is 394 g/mol. The lowest BCUT2D eigenvalue weighted by Crippen LogP contribution is -2.13. The van der Waals surface area contributed by atoms with Crippen LogP contribution in [0.25, 0.3) is 0 Å². The van der Waals surface area contributed by atoms with E-state index in [1.54, 1.807) is 19.2 Å². The first-order chi connectivity index (χ1) is 11.5. The number of carboxylic acid groups (broad SMARTS) is 1. The van der Waals surface area contributed by atoms with Gasteiger partial charge in [0.05, 0.1) is 19.3 Å². The van der Waals surface area contributed by atoms with Crippen LogP contribution in [-0.4, -0.2) is 24.8 Å². The second-order valence-corrected chi connectivity index (χ2v) is 5.99. The molecule has 2 rings (SSSR count). The van der Waals surface area contributed by atoms with Crippen molar-refractivity contribution in [1.29, 1.82) is 0 Å². The smallest absolute Gasteiger partial charge is 0.335 e. The molecule has 0 atom stereocenters. The summed E-state index contributed by atoms with van der Waals surface area (Å²) in [5.74, 6) is 0.489. The molecule has 0 heterocycles. The van der Waals surface area contributed by atoms with Crippen molar-refractivity contribution in [2.24, 2.45) is 0 Å². The Bertz CT molecular complexity index is 701. The maximum Gasteiger partial charge on any atom is 0.335 e. The van der Waals surface area contributed by atoms with Crippen molar-refractivity contribution in [2.45, 2.75) is 20.0 Å². The molecule has 0 spiro atoms. The number of rotatable bonds is 8. The number of methoxy groups -OCH3 is 1. The largest absolute Gasteiger partial charge is 0.493 e. The fourth-order valence-electron chi connectivity index (χ4n) is 2.25. The molecule has 128 valence electrons. The quantitative estimate of drug-likeness (QED) is 0.712. The maximum absolute atomic E-state index is 10.8. The number of aromatic carboxylic acids is 1. The van der Waals surface area contributed by atoms with Gasteiger partial charge < -0.3 is 19.9 Å². The van der Waals surface area contributed by atoms with Crippen molar-refractivity contribution in [1.82, 2.24) is 5.32 Å². The van der Waals surface area contributed by atoms with Crippen LogP contribution >= 0.6 is 15.9 Å². The molecule has 0 aliphatic carbocycles. The van der Waals surface area contributed by atoms with E-state index in [-0.39, 0.29) is 5.56 Å². The molecule has 0 radical (unpaired) electrons. The summed E-state index contributed by atoms with van der Waals surface area (Å²) >= 11 is 3.54. The van der Waals surface area contributed by atoms with Crippen molar-refractivity contribution in [3.63, 3.8) is 0 Å². The molecule has 24 heavy (non-hydrogen) atoms. The minimum Gasteiger partial charge on any atom is -0.493 e. The molecule has 0 aromatic heterocycles. The van der Waals surface area contributed by atoms with Gasteiger partial charge >= 0.3 is 5.97 Å². The van der Waals surface area contributed by atoms with E-state index in [2.05, 4.69) is 21.2 Å². The van der Waals surface area contributed by atoms with Gasteiger partial charge in [-0.25, -0.2) is 4.79 Å². The highest BCUT2D eigenvalue weighted by Gasteiger charge is 2.10. The van der Waals surface area contributed by atoms with Gasteiger partial charge in [-0.1, -0.05) is 28.1 Å². The first-order valence-electron chi connectivity index (χ1n) is 7.57. The van der Waals surface area contributed by atoms with Crippen LogP contribution in [0.4, 0.5) is 0 Å². The molecule has 6 heteroatoms. The van der Waals surface area contributed by atoms with Crippen molar-refractivity contribution >= 4 is 21.9 Å². The molecule has 0 aliphatic rings. The fourth-order valence-corrected chi connectivity index (χ4v) is 2.71. The molecule has 2 aromatic carbocycles. The lowest BCUT2D eigenvalue weighted by Gasteiger charge is -2.13. The molecule has 0 unspecified atom stereocenters. The number of hydrogen-bond donors (Lipinski definition) is 2. The molecular formula is C18H20BrNO4. The van der Waals surface area contributed by atoms with Crippen LogP contribution in [0.3, 0.4) is 0 Å². The SMILES string of the molecule is CCOc1cc(CNCc2ccc(C(=O)O)cc2)c(Br)cc1OC. The summed E-state index contributed by atoms with van der Waals surface area (Å²) < 4.78 is 11.9. The van der Waals surface area contributed by atoms with Crippen LogP contribution in [0, 0.1) is 0 Å². The molecule has 2 aromatic rings. The second-order valence-electron chi connectivity index (χ2n) is 5.13. The first kappa shape index (κ1) is 18.3. The highest BCUT2D eigenvalue weighted by atomic mass is 79.9. The van der Waals surface area contributed by atoms with Gasteiger partial charge in [-0.3, -0.25) is 0 Å². The van der Waals surface area contributed by atoms with Crippen LogP contribution in [0.2, 0.25) is 0 Å². The Hall–Kier alpha value is -2.05. The van der Waals surface area contributed by atoms with Gasteiger partial charge in [-0.2, -0.15) is 0 Å². The average Bonchev–Trinajstić information content (AvgIpc) is 2.58. The summed E-state index contributed by atoms with van der Waals surface area (Å²) in [5, 5.41) is 12.2. The summed E-state index contributed by atoms with van der Waals surface area (Å²) in [4.78, 5) is 10.8. The molecule has 0 bridgehead atoms. The van der Waals surface area contributed by atoms with Crippen LogP contribution in [-0.2, 0) is 13.1 Å². The van der Waals surface area contributed by atoms with Gasteiger partial charge in [0.25, 0.3) is 0 Å². The minimum atomic E-state index is -0.917. The van der Waals surface area contributed by atoms with Crippen molar-refractivity contribution in [3.8, 4) is 11.5 Å². The topological polar surface area (TPSA) is 67.8 Å². The maximum atomic E-state index is 10.8. The lowest BCUT2D eigenvalue weighted by atomic mass is 10.1. The summed E-state index contributed by atoms with van der Waals surface area (Å²) in [6.45, 7) is 3.79. The molecule has 2 N–H and O–H groups in total. The third-order valence-corrected chi connectivity index (χ3v) is 4.22. The van der Waals surface area contributed by atoms with Crippen molar-refractivity contribution in [2.75, 3.05) is 13.7 Å².